The Kier molecular flexibility index (Phi) is 3.41. The minimum absolute atomic E-state index is 0.0971. The van der Waals surface area contributed by atoms with Gasteiger partial charge in [-0.1, -0.05) is 0 Å². The van der Waals surface area contributed by atoms with Crippen molar-refractivity contribution in [1.29, 1.82) is 0 Å². The minimum Gasteiger partial charge on any atom is -0.357 e. The molecule has 0 aliphatic heterocycles. The van der Waals surface area contributed by atoms with E-state index in [4.69, 9.17) is 0 Å². The third kappa shape index (κ3) is 2.25. The van der Waals surface area contributed by atoms with E-state index in [9.17, 15) is 10.1 Å². The van der Waals surface area contributed by atoms with Gasteiger partial charge in [0.15, 0.2) is 0 Å². The molecule has 2 rings (SSSR count). The molecule has 0 atom stereocenters. The van der Waals surface area contributed by atoms with Crippen LogP contribution in [0.25, 0.3) is 10.9 Å². The molecule has 0 saturated heterocycles. The highest BCUT2D eigenvalue weighted by Gasteiger charge is 2.08. The van der Waals surface area contributed by atoms with Crippen molar-refractivity contribution in [2.45, 2.75) is 13.8 Å². The number of hydrogen-bond donors (Lipinski definition) is 0. The maximum absolute atomic E-state index is 10.7. The molecule has 0 N–H and O–H groups in total. The second kappa shape index (κ2) is 5.00. The van der Waals surface area contributed by atoms with Crippen LogP contribution in [-0.2, 0) is 0 Å². The van der Waals surface area contributed by atoms with E-state index in [1.165, 1.54) is 6.07 Å². The van der Waals surface area contributed by atoms with Crippen LogP contribution in [-0.4, -0.2) is 23.0 Å². The van der Waals surface area contributed by atoms with Crippen LogP contribution in [0.5, 0.6) is 0 Å². The molecule has 1 aromatic heterocycles. The van der Waals surface area contributed by atoms with Crippen LogP contribution < -0.4 is 4.90 Å². The van der Waals surface area contributed by atoms with Gasteiger partial charge in [-0.05, 0) is 32.0 Å². The molecule has 0 bridgehead atoms. The molecule has 1 aromatic carbocycles. The number of pyridine rings is 1. The van der Waals surface area contributed by atoms with Crippen molar-refractivity contribution in [3.63, 3.8) is 0 Å². The zero-order valence-corrected chi connectivity index (χ0v) is 10.5. The average molecular weight is 245 g/mol. The lowest BCUT2D eigenvalue weighted by atomic mass is 10.2. The van der Waals surface area contributed by atoms with Gasteiger partial charge in [0.05, 0.1) is 10.4 Å². The fraction of sp³-hybridized carbons (Fsp3) is 0.308. The number of anilines is 1. The standard InChI is InChI=1S/C13H15N3O2/c1-3-15(4-2)13-8-5-10-9-11(16(17)18)6-7-12(10)14-13/h5-9H,3-4H2,1-2H3. The Morgan fingerprint density at radius 3 is 2.56 bits per heavy atom. The summed E-state index contributed by atoms with van der Waals surface area (Å²) in [5.74, 6) is 0.904. The number of benzene rings is 1. The summed E-state index contributed by atoms with van der Waals surface area (Å²) in [7, 11) is 0. The maximum Gasteiger partial charge on any atom is 0.270 e. The number of aromatic nitrogens is 1. The molecule has 0 aliphatic carbocycles. The Labute approximate surface area is 105 Å². The first-order chi connectivity index (χ1) is 8.65. The number of non-ortho nitro benzene ring substituents is 1. The first-order valence-corrected chi connectivity index (χ1v) is 5.95. The van der Waals surface area contributed by atoms with Crippen molar-refractivity contribution in [3.05, 3.63) is 40.4 Å². The molecule has 0 unspecified atom stereocenters. The van der Waals surface area contributed by atoms with Crippen molar-refractivity contribution < 1.29 is 4.92 Å². The van der Waals surface area contributed by atoms with Crippen molar-refractivity contribution in [2.24, 2.45) is 0 Å². The lowest BCUT2D eigenvalue weighted by Gasteiger charge is -2.19. The molecule has 0 aliphatic rings. The first kappa shape index (κ1) is 12.3. The zero-order valence-electron chi connectivity index (χ0n) is 10.5. The van der Waals surface area contributed by atoms with Gasteiger partial charge in [0.1, 0.15) is 5.82 Å². The molecule has 0 saturated carbocycles. The summed E-state index contributed by atoms with van der Waals surface area (Å²) in [5.41, 5.74) is 0.880. The third-order valence-electron chi connectivity index (χ3n) is 2.96. The molecular weight excluding hydrogens is 230 g/mol. The Bertz CT molecular complexity index is 579. The molecule has 0 amide bonds. The van der Waals surface area contributed by atoms with Gasteiger partial charge in [-0.25, -0.2) is 4.98 Å². The normalized spacial score (nSPS) is 10.6. The third-order valence-corrected chi connectivity index (χ3v) is 2.96. The maximum atomic E-state index is 10.7. The van der Waals surface area contributed by atoms with Crippen LogP contribution in [0, 0.1) is 10.1 Å². The molecule has 18 heavy (non-hydrogen) atoms. The van der Waals surface area contributed by atoms with Gasteiger partial charge in [0.2, 0.25) is 0 Å². The Morgan fingerprint density at radius 2 is 1.94 bits per heavy atom. The van der Waals surface area contributed by atoms with Crippen LogP contribution in [0.1, 0.15) is 13.8 Å². The van der Waals surface area contributed by atoms with Gasteiger partial charge >= 0.3 is 0 Å². The average Bonchev–Trinajstić information content (AvgIpc) is 2.39. The molecular formula is C13H15N3O2. The van der Waals surface area contributed by atoms with Crippen molar-refractivity contribution >= 4 is 22.4 Å². The summed E-state index contributed by atoms with van der Waals surface area (Å²) in [6, 6.07) is 8.51. The van der Waals surface area contributed by atoms with E-state index in [0.29, 0.717) is 0 Å². The monoisotopic (exact) mass is 245 g/mol. The van der Waals surface area contributed by atoms with Gasteiger partial charge in [-0.15, -0.1) is 0 Å². The van der Waals surface area contributed by atoms with Crippen LogP contribution in [0.3, 0.4) is 0 Å². The van der Waals surface area contributed by atoms with Crippen LogP contribution in [0.2, 0.25) is 0 Å². The second-order valence-corrected chi connectivity index (χ2v) is 3.98. The van der Waals surface area contributed by atoms with Crippen molar-refractivity contribution in [2.75, 3.05) is 18.0 Å². The molecule has 94 valence electrons. The number of rotatable bonds is 4. The lowest BCUT2D eigenvalue weighted by molar-refractivity contribution is -0.384. The molecule has 5 nitrogen and oxygen atoms in total. The summed E-state index contributed by atoms with van der Waals surface area (Å²) >= 11 is 0. The van der Waals surface area contributed by atoms with E-state index in [1.807, 2.05) is 12.1 Å². The fourth-order valence-electron chi connectivity index (χ4n) is 1.94. The van der Waals surface area contributed by atoms with E-state index < -0.39 is 4.92 Å². The molecule has 1 heterocycles. The van der Waals surface area contributed by atoms with Gasteiger partial charge in [0.25, 0.3) is 5.69 Å². The summed E-state index contributed by atoms with van der Waals surface area (Å²) in [6.07, 6.45) is 0. The predicted octanol–water partition coefficient (Wildman–Crippen LogP) is 2.99. The topological polar surface area (TPSA) is 59.3 Å². The van der Waals surface area contributed by atoms with Crippen molar-refractivity contribution in [3.8, 4) is 0 Å². The Morgan fingerprint density at radius 1 is 1.22 bits per heavy atom. The minimum atomic E-state index is -0.391. The quantitative estimate of drug-likeness (QED) is 0.613. The summed E-state index contributed by atoms with van der Waals surface area (Å²) in [5, 5.41) is 11.5. The highest BCUT2D eigenvalue weighted by molar-refractivity contribution is 5.82. The highest BCUT2D eigenvalue weighted by atomic mass is 16.6. The summed E-state index contributed by atoms with van der Waals surface area (Å²) in [4.78, 5) is 17.0. The number of nitrogens with zero attached hydrogens (tertiary/aromatic N) is 3. The van der Waals surface area contributed by atoms with E-state index in [0.717, 1.165) is 29.8 Å². The fourth-order valence-corrected chi connectivity index (χ4v) is 1.94. The molecule has 5 heteroatoms. The second-order valence-electron chi connectivity index (χ2n) is 3.98. The Balaban J connectivity index is 2.47. The number of hydrogen-bond acceptors (Lipinski definition) is 4. The van der Waals surface area contributed by atoms with Gasteiger partial charge < -0.3 is 4.90 Å². The summed E-state index contributed by atoms with van der Waals surface area (Å²) in [6.45, 7) is 5.93. The molecule has 2 aromatic rings. The van der Waals surface area contributed by atoms with Crippen molar-refractivity contribution in [1.82, 2.24) is 4.98 Å². The van der Waals surface area contributed by atoms with Crippen LogP contribution in [0.15, 0.2) is 30.3 Å². The van der Waals surface area contributed by atoms with Gasteiger partial charge in [0, 0.05) is 30.6 Å². The van der Waals surface area contributed by atoms with E-state index in [2.05, 4.69) is 23.7 Å². The van der Waals surface area contributed by atoms with Crippen LogP contribution >= 0.6 is 0 Å². The van der Waals surface area contributed by atoms with Gasteiger partial charge in [-0.2, -0.15) is 0 Å². The molecule has 0 radical (unpaired) electrons. The zero-order chi connectivity index (χ0) is 13.1. The summed E-state index contributed by atoms with van der Waals surface area (Å²) < 4.78 is 0. The highest BCUT2D eigenvalue weighted by Crippen LogP contribution is 2.22. The van der Waals surface area contributed by atoms with E-state index in [-0.39, 0.29) is 5.69 Å². The SMILES string of the molecule is CCN(CC)c1ccc2cc([N+](=O)[O-])ccc2n1. The molecule has 0 spiro atoms. The predicted molar refractivity (Wildman–Crippen MR) is 72.0 cm³/mol. The lowest BCUT2D eigenvalue weighted by Crippen LogP contribution is -2.22. The largest absolute Gasteiger partial charge is 0.357 e. The van der Waals surface area contributed by atoms with Gasteiger partial charge in [-0.3, -0.25) is 10.1 Å². The van der Waals surface area contributed by atoms with E-state index in [1.54, 1.807) is 12.1 Å². The van der Waals surface area contributed by atoms with Crippen LogP contribution in [0.4, 0.5) is 11.5 Å². The number of fused-ring (bicyclic) bond motifs is 1. The number of nitro benzene ring substituents is 1. The molecule has 0 fully saturated rings. The number of nitro groups is 1. The first-order valence-electron chi connectivity index (χ1n) is 5.95. The smallest absolute Gasteiger partial charge is 0.270 e. The van der Waals surface area contributed by atoms with E-state index >= 15 is 0 Å². The Hall–Kier alpha value is -2.17.